The highest BCUT2D eigenvalue weighted by Gasteiger charge is 2.31. The van der Waals surface area contributed by atoms with Crippen LogP contribution in [-0.2, 0) is 11.3 Å². The lowest BCUT2D eigenvalue weighted by Gasteiger charge is -2.23. The molecule has 1 aliphatic heterocycles. The topological polar surface area (TPSA) is 49.9 Å². The summed E-state index contributed by atoms with van der Waals surface area (Å²) in [5, 5.41) is 1.93. The summed E-state index contributed by atoms with van der Waals surface area (Å²) < 4.78 is 5.35. The van der Waals surface area contributed by atoms with Crippen molar-refractivity contribution < 1.29 is 14.3 Å². The van der Waals surface area contributed by atoms with Gasteiger partial charge >= 0.3 is 0 Å². The van der Waals surface area contributed by atoms with Gasteiger partial charge in [0.25, 0.3) is 5.91 Å². The number of ether oxygens (including phenoxy) is 1. The molecule has 0 N–H and O–H groups in total. The molecule has 4 rings (SSSR count). The average Bonchev–Trinajstić information content (AvgIpc) is 2.96. The molecule has 3 aromatic carbocycles. The van der Waals surface area contributed by atoms with Crippen molar-refractivity contribution in [3.63, 3.8) is 0 Å². The zero-order chi connectivity index (χ0) is 19.0. The maximum absolute atomic E-state index is 12.8. The summed E-state index contributed by atoms with van der Waals surface area (Å²) in [5.74, 6) is 0.492. The Hall–Kier alpha value is -3.34. The van der Waals surface area contributed by atoms with Gasteiger partial charge < -0.3 is 9.64 Å². The number of likely N-dealkylation sites (N-methyl/N-ethyl adjacent to an activating group) is 1. The zero-order valence-electron chi connectivity index (χ0n) is 15.3. The molecular weight excluding hydrogens is 340 g/mol. The van der Waals surface area contributed by atoms with E-state index in [0.29, 0.717) is 12.1 Å². The van der Waals surface area contributed by atoms with Gasteiger partial charge in [0.15, 0.2) is 0 Å². The highest BCUT2D eigenvalue weighted by molar-refractivity contribution is 6.26. The van der Waals surface area contributed by atoms with Crippen LogP contribution in [0.3, 0.4) is 0 Å². The summed E-state index contributed by atoms with van der Waals surface area (Å²) in [4.78, 5) is 28.8. The van der Waals surface area contributed by atoms with E-state index in [4.69, 9.17) is 4.74 Å². The molecule has 0 saturated carbocycles. The largest absolute Gasteiger partial charge is 0.496 e. The number of benzene rings is 3. The minimum absolute atomic E-state index is 0.0122. The second-order valence-corrected chi connectivity index (χ2v) is 6.63. The number of hydrogen-bond acceptors (Lipinski definition) is 3. The van der Waals surface area contributed by atoms with Crippen LogP contribution in [0, 0.1) is 0 Å². The van der Waals surface area contributed by atoms with E-state index in [1.807, 2.05) is 60.7 Å². The Bertz CT molecular complexity index is 1040. The molecule has 0 saturated heterocycles. The van der Waals surface area contributed by atoms with Crippen LogP contribution in [0.15, 0.2) is 60.7 Å². The first-order chi connectivity index (χ1) is 13.1. The third kappa shape index (κ3) is 2.91. The smallest absolute Gasteiger partial charge is 0.259 e. The third-order valence-corrected chi connectivity index (χ3v) is 4.97. The maximum atomic E-state index is 12.8. The fraction of sp³-hybridized carbons (Fsp3) is 0.182. The van der Waals surface area contributed by atoms with Crippen molar-refractivity contribution in [2.24, 2.45) is 0 Å². The molecule has 0 bridgehead atoms. The number of anilines is 1. The van der Waals surface area contributed by atoms with Crippen LogP contribution in [-0.4, -0.2) is 37.4 Å². The van der Waals surface area contributed by atoms with Gasteiger partial charge in [0.1, 0.15) is 12.3 Å². The standard InChI is InChI=1S/C22H20N2O3/c1-23(13-16-7-3-4-12-19(16)27-2)20(25)14-24-18-11-6-9-15-8-5-10-17(21(15)18)22(24)26/h3-12H,13-14H2,1-2H3. The van der Waals surface area contributed by atoms with Gasteiger partial charge in [-0.3, -0.25) is 14.5 Å². The van der Waals surface area contributed by atoms with Gasteiger partial charge in [-0.25, -0.2) is 0 Å². The fourth-order valence-electron chi connectivity index (χ4n) is 3.57. The summed E-state index contributed by atoms with van der Waals surface area (Å²) in [6.07, 6.45) is 0. The van der Waals surface area contributed by atoms with Gasteiger partial charge in [0.2, 0.25) is 5.91 Å². The normalized spacial score (nSPS) is 12.5. The van der Waals surface area contributed by atoms with E-state index < -0.39 is 0 Å². The van der Waals surface area contributed by atoms with Crippen LogP contribution in [0.2, 0.25) is 0 Å². The van der Waals surface area contributed by atoms with Gasteiger partial charge in [-0.1, -0.05) is 42.5 Å². The minimum Gasteiger partial charge on any atom is -0.496 e. The van der Waals surface area contributed by atoms with Crippen molar-refractivity contribution in [2.45, 2.75) is 6.54 Å². The number of carbonyl (C=O) groups excluding carboxylic acids is 2. The molecule has 0 atom stereocenters. The van der Waals surface area contributed by atoms with Gasteiger partial charge in [0.05, 0.1) is 12.8 Å². The van der Waals surface area contributed by atoms with E-state index >= 15 is 0 Å². The highest BCUT2D eigenvalue weighted by atomic mass is 16.5. The van der Waals surface area contributed by atoms with Crippen molar-refractivity contribution in [2.75, 3.05) is 25.6 Å². The number of hydrogen-bond donors (Lipinski definition) is 0. The molecule has 2 amide bonds. The molecule has 0 fully saturated rings. The first kappa shape index (κ1) is 17.1. The molecule has 0 spiro atoms. The molecule has 136 valence electrons. The second kappa shape index (κ2) is 6.76. The average molecular weight is 360 g/mol. The summed E-state index contributed by atoms with van der Waals surface area (Å²) in [6.45, 7) is 0.431. The number of amides is 2. The monoisotopic (exact) mass is 360 g/mol. The SMILES string of the molecule is COc1ccccc1CN(C)C(=O)CN1C(=O)c2cccc3cccc1c23. The molecular formula is C22H20N2O3. The molecule has 1 aliphatic rings. The van der Waals surface area contributed by atoms with Crippen molar-refractivity contribution in [3.8, 4) is 5.75 Å². The second-order valence-electron chi connectivity index (χ2n) is 6.63. The van der Waals surface area contributed by atoms with Gasteiger partial charge in [-0.15, -0.1) is 0 Å². The molecule has 5 heteroatoms. The Morgan fingerprint density at radius 2 is 1.78 bits per heavy atom. The van der Waals surface area contributed by atoms with Gasteiger partial charge in [-0.2, -0.15) is 0 Å². The summed E-state index contributed by atoms with van der Waals surface area (Å²) in [7, 11) is 3.35. The number of rotatable bonds is 5. The van der Waals surface area contributed by atoms with E-state index in [1.165, 1.54) is 0 Å². The zero-order valence-corrected chi connectivity index (χ0v) is 15.3. The van der Waals surface area contributed by atoms with Crippen LogP contribution in [0.5, 0.6) is 5.75 Å². The van der Waals surface area contributed by atoms with Crippen LogP contribution in [0.4, 0.5) is 5.69 Å². The number of para-hydroxylation sites is 1. The fourth-order valence-corrected chi connectivity index (χ4v) is 3.57. The lowest BCUT2D eigenvalue weighted by Crippen LogP contribution is -2.39. The van der Waals surface area contributed by atoms with Crippen molar-refractivity contribution in [1.29, 1.82) is 0 Å². The third-order valence-electron chi connectivity index (χ3n) is 4.97. The Morgan fingerprint density at radius 1 is 1.04 bits per heavy atom. The van der Waals surface area contributed by atoms with Crippen LogP contribution >= 0.6 is 0 Å². The number of methoxy groups -OCH3 is 1. The van der Waals surface area contributed by atoms with E-state index in [9.17, 15) is 9.59 Å². The van der Waals surface area contributed by atoms with E-state index in [0.717, 1.165) is 27.8 Å². The molecule has 1 heterocycles. The van der Waals surface area contributed by atoms with E-state index in [-0.39, 0.29) is 18.4 Å². The summed E-state index contributed by atoms with van der Waals surface area (Å²) >= 11 is 0. The number of carbonyl (C=O) groups is 2. The van der Waals surface area contributed by atoms with E-state index in [2.05, 4.69) is 0 Å². The van der Waals surface area contributed by atoms with E-state index in [1.54, 1.807) is 24.0 Å². The maximum Gasteiger partial charge on any atom is 0.259 e. The van der Waals surface area contributed by atoms with Crippen molar-refractivity contribution >= 4 is 28.3 Å². The molecule has 0 radical (unpaired) electrons. The molecule has 5 nitrogen and oxygen atoms in total. The van der Waals surface area contributed by atoms with Crippen LogP contribution in [0.1, 0.15) is 15.9 Å². The predicted molar refractivity (Wildman–Crippen MR) is 105 cm³/mol. The Balaban J connectivity index is 1.55. The van der Waals surface area contributed by atoms with Crippen LogP contribution < -0.4 is 9.64 Å². The van der Waals surface area contributed by atoms with Crippen molar-refractivity contribution in [3.05, 3.63) is 71.8 Å². The minimum atomic E-state index is -0.126. The van der Waals surface area contributed by atoms with Gasteiger partial charge in [0, 0.05) is 30.1 Å². The predicted octanol–water partition coefficient (Wildman–Crippen LogP) is 3.47. The Labute approximate surface area is 157 Å². The number of nitrogens with zero attached hydrogens (tertiary/aromatic N) is 2. The molecule has 0 aromatic heterocycles. The Kier molecular flexibility index (Phi) is 4.28. The summed E-state index contributed by atoms with van der Waals surface area (Å²) in [5.41, 5.74) is 2.38. The van der Waals surface area contributed by atoms with Crippen LogP contribution in [0.25, 0.3) is 10.8 Å². The quantitative estimate of drug-likeness (QED) is 0.700. The van der Waals surface area contributed by atoms with Gasteiger partial charge in [-0.05, 0) is 23.6 Å². The first-order valence-electron chi connectivity index (χ1n) is 8.79. The molecule has 0 unspecified atom stereocenters. The molecule has 3 aromatic rings. The summed E-state index contributed by atoms with van der Waals surface area (Å²) in [6, 6.07) is 19.1. The Morgan fingerprint density at radius 3 is 2.56 bits per heavy atom. The molecule has 27 heavy (non-hydrogen) atoms. The first-order valence-corrected chi connectivity index (χ1v) is 8.79. The molecule has 0 aliphatic carbocycles. The lowest BCUT2D eigenvalue weighted by atomic mass is 10.1. The highest BCUT2D eigenvalue weighted by Crippen LogP contribution is 2.37. The van der Waals surface area contributed by atoms with Crippen molar-refractivity contribution in [1.82, 2.24) is 4.90 Å². The lowest BCUT2D eigenvalue weighted by molar-refractivity contribution is -0.128.